The van der Waals surface area contributed by atoms with E-state index >= 15 is 0 Å². The van der Waals surface area contributed by atoms with Gasteiger partial charge in [-0.3, -0.25) is 0 Å². The zero-order chi connectivity index (χ0) is 11.4. The molecule has 0 amide bonds. The van der Waals surface area contributed by atoms with Crippen LogP contribution in [0.4, 0.5) is 0 Å². The van der Waals surface area contributed by atoms with E-state index in [9.17, 15) is 0 Å². The fourth-order valence-corrected chi connectivity index (χ4v) is 2.16. The lowest BCUT2D eigenvalue weighted by molar-refractivity contribution is 0.192. The molecule has 0 bridgehead atoms. The van der Waals surface area contributed by atoms with Crippen LogP contribution in [0.1, 0.15) is 36.5 Å². The predicted molar refractivity (Wildman–Crippen MR) is 62.4 cm³/mol. The number of rotatable bonds is 5. The number of hydrogen-bond donors (Lipinski definition) is 1. The quantitative estimate of drug-likeness (QED) is 0.841. The molecule has 1 aliphatic rings. The van der Waals surface area contributed by atoms with E-state index in [0.717, 1.165) is 31.0 Å². The summed E-state index contributed by atoms with van der Waals surface area (Å²) in [6.45, 7) is 1.48. The second-order valence-electron chi connectivity index (χ2n) is 3.94. The van der Waals surface area contributed by atoms with Crippen LogP contribution in [-0.4, -0.2) is 35.4 Å². The van der Waals surface area contributed by atoms with Crippen molar-refractivity contribution in [2.75, 3.05) is 25.2 Å². The average molecular weight is 243 g/mol. The largest absolute Gasteiger partial charge is 0.381 e. The molecule has 0 saturated carbocycles. The molecule has 5 nitrogen and oxygen atoms in total. The average Bonchev–Trinajstić information content (AvgIpc) is 2.94. The topological polar surface area (TPSA) is 74.2 Å². The number of nitrogens with two attached hydrogens (primary N) is 1. The van der Waals surface area contributed by atoms with Crippen molar-refractivity contribution in [2.24, 2.45) is 5.73 Å². The van der Waals surface area contributed by atoms with Crippen molar-refractivity contribution in [1.29, 1.82) is 0 Å². The fourth-order valence-electron chi connectivity index (χ4n) is 1.67. The van der Waals surface area contributed by atoms with Gasteiger partial charge in [-0.1, -0.05) is 5.16 Å². The normalized spacial score (nSPS) is 22.5. The Morgan fingerprint density at radius 2 is 2.50 bits per heavy atom. The van der Waals surface area contributed by atoms with Crippen LogP contribution in [0.2, 0.25) is 0 Å². The molecule has 1 saturated heterocycles. The zero-order valence-electron chi connectivity index (χ0n) is 9.39. The Bertz CT molecular complexity index is 326. The van der Waals surface area contributed by atoms with Gasteiger partial charge in [0.05, 0.1) is 12.6 Å². The van der Waals surface area contributed by atoms with Crippen LogP contribution in [-0.2, 0) is 4.74 Å². The number of hydrogen-bond acceptors (Lipinski definition) is 6. The lowest BCUT2D eigenvalue weighted by Crippen LogP contribution is -2.12. The van der Waals surface area contributed by atoms with Crippen LogP contribution < -0.4 is 5.73 Å². The molecule has 2 N–H and O–H groups in total. The van der Waals surface area contributed by atoms with Crippen LogP contribution in [0.5, 0.6) is 0 Å². The maximum absolute atomic E-state index is 5.95. The molecule has 0 aromatic carbocycles. The number of nitrogens with zero attached hydrogens (tertiary/aromatic N) is 2. The maximum Gasteiger partial charge on any atom is 0.243 e. The monoisotopic (exact) mass is 243 g/mol. The highest BCUT2D eigenvalue weighted by Gasteiger charge is 2.24. The Morgan fingerprint density at radius 3 is 3.19 bits per heavy atom. The molecule has 1 aromatic heterocycles. The summed E-state index contributed by atoms with van der Waals surface area (Å²) in [6, 6.07) is -0.143. The summed E-state index contributed by atoms with van der Waals surface area (Å²) in [5, 5.41) is 3.97. The molecule has 1 aromatic rings. The minimum Gasteiger partial charge on any atom is -0.381 e. The summed E-state index contributed by atoms with van der Waals surface area (Å²) in [5.41, 5.74) is 5.95. The summed E-state index contributed by atoms with van der Waals surface area (Å²) in [4.78, 5) is 4.35. The Hall–Kier alpha value is -0.590. The maximum atomic E-state index is 5.95. The standard InChI is InChI=1S/C10H17N3O2S/c1-16-5-3-8(11)10-12-9(13-15-10)7-2-4-14-6-7/h7-8H,2-6,11H2,1H3. The van der Waals surface area contributed by atoms with Crippen LogP contribution in [0.3, 0.4) is 0 Å². The Balaban J connectivity index is 1.95. The van der Waals surface area contributed by atoms with E-state index in [4.69, 9.17) is 15.0 Å². The van der Waals surface area contributed by atoms with Gasteiger partial charge in [0.25, 0.3) is 0 Å². The van der Waals surface area contributed by atoms with E-state index in [1.807, 2.05) is 0 Å². The van der Waals surface area contributed by atoms with Crippen molar-refractivity contribution in [2.45, 2.75) is 24.8 Å². The van der Waals surface area contributed by atoms with E-state index in [0.29, 0.717) is 12.5 Å². The third-order valence-corrected chi connectivity index (χ3v) is 3.35. The van der Waals surface area contributed by atoms with Gasteiger partial charge in [-0.2, -0.15) is 16.7 Å². The number of ether oxygens (including phenoxy) is 1. The van der Waals surface area contributed by atoms with Gasteiger partial charge in [0.1, 0.15) is 0 Å². The number of thioether (sulfide) groups is 1. The minimum absolute atomic E-state index is 0.143. The first-order valence-electron chi connectivity index (χ1n) is 5.47. The van der Waals surface area contributed by atoms with Gasteiger partial charge in [0.15, 0.2) is 5.82 Å². The zero-order valence-corrected chi connectivity index (χ0v) is 10.2. The van der Waals surface area contributed by atoms with Crippen molar-refractivity contribution in [3.05, 3.63) is 11.7 Å². The summed E-state index contributed by atoms with van der Waals surface area (Å²) in [5.74, 6) is 2.58. The SMILES string of the molecule is CSCCC(N)c1nc(C2CCOC2)no1. The summed E-state index contributed by atoms with van der Waals surface area (Å²) >= 11 is 1.77. The Labute approximate surface area is 99.1 Å². The van der Waals surface area contributed by atoms with Gasteiger partial charge < -0.3 is 15.0 Å². The fraction of sp³-hybridized carbons (Fsp3) is 0.800. The molecule has 90 valence electrons. The second kappa shape index (κ2) is 5.65. The van der Waals surface area contributed by atoms with E-state index in [1.165, 1.54) is 0 Å². The van der Waals surface area contributed by atoms with Gasteiger partial charge in [0, 0.05) is 12.5 Å². The lowest BCUT2D eigenvalue weighted by Gasteiger charge is -2.04. The molecular formula is C10H17N3O2S. The van der Waals surface area contributed by atoms with Crippen molar-refractivity contribution in [3.63, 3.8) is 0 Å². The summed E-state index contributed by atoms with van der Waals surface area (Å²) in [7, 11) is 0. The third kappa shape index (κ3) is 2.75. The molecule has 2 atom stereocenters. The van der Waals surface area contributed by atoms with E-state index in [1.54, 1.807) is 11.8 Å². The molecule has 2 heterocycles. The summed E-state index contributed by atoms with van der Waals surface area (Å²) < 4.78 is 10.5. The van der Waals surface area contributed by atoms with Crippen LogP contribution in [0.25, 0.3) is 0 Å². The van der Waals surface area contributed by atoms with E-state index in [2.05, 4.69) is 16.4 Å². The van der Waals surface area contributed by atoms with Gasteiger partial charge >= 0.3 is 0 Å². The highest BCUT2D eigenvalue weighted by molar-refractivity contribution is 7.98. The Morgan fingerprint density at radius 1 is 1.62 bits per heavy atom. The number of aromatic nitrogens is 2. The molecule has 2 unspecified atom stereocenters. The molecule has 2 rings (SSSR count). The van der Waals surface area contributed by atoms with Gasteiger partial charge in [-0.25, -0.2) is 0 Å². The van der Waals surface area contributed by atoms with Gasteiger partial charge in [-0.15, -0.1) is 0 Å². The summed E-state index contributed by atoms with van der Waals surface area (Å²) in [6.07, 6.45) is 3.89. The highest BCUT2D eigenvalue weighted by Crippen LogP contribution is 2.24. The first kappa shape index (κ1) is 11.9. The molecule has 1 fully saturated rings. The van der Waals surface area contributed by atoms with Crippen LogP contribution >= 0.6 is 11.8 Å². The minimum atomic E-state index is -0.143. The smallest absolute Gasteiger partial charge is 0.243 e. The van der Waals surface area contributed by atoms with Crippen molar-refractivity contribution in [3.8, 4) is 0 Å². The van der Waals surface area contributed by atoms with E-state index in [-0.39, 0.29) is 12.0 Å². The van der Waals surface area contributed by atoms with Crippen molar-refractivity contribution >= 4 is 11.8 Å². The molecule has 16 heavy (non-hydrogen) atoms. The first-order chi connectivity index (χ1) is 7.81. The lowest BCUT2D eigenvalue weighted by atomic mass is 10.1. The van der Waals surface area contributed by atoms with Gasteiger partial charge in [0.2, 0.25) is 5.89 Å². The Kier molecular flexibility index (Phi) is 4.20. The van der Waals surface area contributed by atoms with Crippen molar-refractivity contribution in [1.82, 2.24) is 10.1 Å². The molecule has 6 heteroatoms. The highest BCUT2D eigenvalue weighted by atomic mass is 32.2. The molecule has 0 radical (unpaired) electrons. The predicted octanol–water partition coefficient (Wildman–Crippen LogP) is 1.33. The second-order valence-corrected chi connectivity index (χ2v) is 4.92. The van der Waals surface area contributed by atoms with Gasteiger partial charge in [-0.05, 0) is 24.9 Å². The first-order valence-corrected chi connectivity index (χ1v) is 6.86. The third-order valence-electron chi connectivity index (χ3n) is 2.70. The van der Waals surface area contributed by atoms with E-state index < -0.39 is 0 Å². The molecule has 0 spiro atoms. The van der Waals surface area contributed by atoms with Crippen LogP contribution in [0.15, 0.2) is 4.52 Å². The molecule has 0 aliphatic carbocycles. The van der Waals surface area contributed by atoms with Crippen LogP contribution in [0, 0.1) is 0 Å². The molecular weight excluding hydrogens is 226 g/mol. The molecule has 1 aliphatic heterocycles. The van der Waals surface area contributed by atoms with Crippen molar-refractivity contribution < 1.29 is 9.26 Å².